The van der Waals surface area contributed by atoms with E-state index in [0.29, 0.717) is 32.3 Å². The van der Waals surface area contributed by atoms with Crippen LogP contribution in [0.3, 0.4) is 0 Å². The Hall–Kier alpha value is -0.457. The van der Waals surface area contributed by atoms with Crippen LogP contribution in [0.1, 0.15) is 19.3 Å². The molecule has 3 N–H and O–H groups in total. The van der Waals surface area contributed by atoms with Gasteiger partial charge in [0.15, 0.2) is 0 Å². The summed E-state index contributed by atoms with van der Waals surface area (Å²) >= 11 is 0. The summed E-state index contributed by atoms with van der Waals surface area (Å²) in [4.78, 5) is 0. The van der Waals surface area contributed by atoms with Gasteiger partial charge in [-0.1, -0.05) is 43.3 Å². The van der Waals surface area contributed by atoms with Crippen LogP contribution in [0.25, 0.3) is 27.4 Å². The Morgan fingerprint density at radius 2 is 2.00 bits per heavy atom. The van der Waals surface area contributed by atoms with Gasteiger partial charge in [-0.05, 0) is 6.54 Å². The van der Waals surface area contributed by atoms with Crippen LogP contribution in [0.5, 0.6) is 0 Å². The van der Waals surface area contributed by atoms with Gasteiger partial charge in [-0.25, -0.2) is 0 Å². The zero-order valence-electron chi connectivity index (χ0n) is 12.7. The van der Waals surface area contributed by atoms with Gasteiger partial charge in [0.05, 0.1) is 0 Å². The third-order valence-electron chi connectivity index (χ3n) is 2.85. The first-order valence-corrected chi connectivity index (χ1v) is 7.26. The number of allylic oxidation sites excluding steroid dienone is 2. The number of nitrogens with one attached hydrogen (secondary N) is 3. The third-order valence-corrected chi connectivity index (χ3v) is 2.85. The van der Waals surface area contributed by atoms with Crippen LogP contribution >= 0.6 is 0 Å². The average molecular weight is 343 g/mol. The summed E-state index contributed by atoms with van der Waals surface area (Å²) in [6, 6.07) is 0. The largest absolute Gasteiger partial charge is 2.00 e. The quantitative estimate of drug-likeness (QED) is 0.577. The van der Waals surface area contributed by atoms with E-state index in [9.17, 15) is 0 Å². The van der Waals surface area contributed by atoms with Gasteiger partial charge in [-0.3, -0.25) is 0 Å². The fourth-order valence-corrected chi connectivity index (χ4v) is 1.86. The van der Waals surface area contributed by atoms with Crippen molar-refractivity contribution in [2.24, 2.45) is 0 Å². The Bertz CT molecular complexity index is 285. The summed E-state index contributed by atoms with van der Waals surface area (Å²) in [5, 5.41) is 16.0. The van der Waals surface area contributed by atoms with Crippen LogP contribution in [0.15, 0.2) is 24.0 Å². The molecule has 0 aromatic rings. The summed E-state index contributed by atoms with van der Waals surface area (Å²) in [5.41, 5.74) is 13.3. The summed E-state index contributed by atoms with van der Waals surface area (Å²) in [5.74, 6) is 0.984. The molecule has 1 atom stereocenters. The van der Waals surface area contributed by atoms with Crippen LogP contribution in [-0.4, -0.2) is 45.4 Å². The van der Waals surface area contributed by atoms with Gasteiger partial charge in [0.2, 0.25) is 0 Å². The van der Waals surface area contributed by atoms with E-state index in [4.69, 9.17) is 11.5 Å². The molecule has 0 saturated carbocycles. The van der Waals surface area contributed by atoms with Gasteiger partial charge >= 0.3 is 19.5 Å². The Balaban J connectivity index is 0.000000436. The van der Waals surface area contributed by atoms with Gasteiger partial charge in [0, 0.05) is 0 Å². The van der Waals surface area contributed by atoms with Crippen molar-refractivity contribution in [2.75, 3.05) is 39.3 Å². The van der Waals surface area contributed by atoms with Crippen molar-refractivity contribution in [3.8, 4) is 0 Å². The third kappa shape index (κ3) is 10.9. The molecular formula is C14H25N6Zn-3. The van der Waals surface area contributed by atoms with Gasteiger partial charge in [-0.15, -0.1) is 12.7 Å². The first kappa shape index (κ1) is 20.5. The summed E-state index contributed by atoms with van der Waals surface area (Å²) in [7, 11) is 0. The van der Waals surface area contributed by atoms with Crippen molar-refractivity contribution < 1.29 is 19.5 Å². The van der Waals surface area contributed by atoms with E-state index in [1.165, 1.54) is 12.8 Å². The van der Waals surface area contributed by atoms with Gasteiger partial charge in [0.25, 0.3) is 0 Å². The molecule has 6 nitrogen and oxygen atoms in total. The van der Waals surface area contributed by atoms with Gasteiger partial charge in [-0.2, -0.15) is 26.2 Å². The minimum absolute atomic E-state index is 0. The standard InChI is InChI=1S/C10H15N3.C4H10N3.Zn/c1-3-7-11-9(5-1)13-10-6-2-4-8-12-10;5-1-3-7-4-2-6;/h1,3,5,10,13H,2,4,6-8H2;5-6H,1-4H2;/q-2;-3;+2. The molecular weight excluding hydrogens is 318 g/mol. The second-order valence-corrected chi connectivity index (χ2v) is 4.55. The number of hydrogen-bond donors (Lipinski definition) is 1. The zero-order valence-corrected chi connectivity index (χ0v) is 15.7. The van der Waals surface area contributed by atoms with Crippen molar-refractivity contribution in [1.82, 2.24) is 5.32 Å². The molecule has 2 aliphatic rings. The van der Waals surface area contributed by atoms with Crippen LogP contribution in [0, 0.1) is 0 Å². The maximum Gasteiger partial charge on any atom is 2.00 e. The van der Waals surface area contributed by atoms with Crippen LogP contribution in [0.2, 0.25) is 0 Å². The van der Waals surface area contributed by atoms with Crippen molar-refractivity contribution in [2.45, 2.75) is 25.4 Å². The van der Waals surface area contributed by atoms with Crippen LogP contribution < -0.4 is 5.32 Å². The second kappa shape index (κ2) is 14.5. The minimum atomic E-state index is 0. The van der Waals surface area contributed by atoms with E-state index < -0.39 is 0 Å². The molecule has 2 rings (SSSR count). The smallest absolute Gasteiger partial charge is 0.679 e. The molecule has 0 aromatic heterocycles. The van der Waals surface area contributed by atoms with Crippen molar-refractivity contribution in [3.63, 3.8) is 0 Å². The summed E-state index contributed by atoms with van der Waals surface area (Å²) in [6.07, 6.45) is 10.1. The predicted molar refractivity (Wildman–Crippen MR) is 85.9 cm³/mol. The van der Waals surface area contributed by atoms with Crippen LogP contribution in [0.4, 0.5) is 0 Å². The van der Waals surface area contributed by atoms with Crippen molar-refractivity contribution in [1.29, 1.82) is 0 Å². The molecule has 7 heteroatoms. The molecule has 1 saturated heterocycles. The predicted octanol–water partition coefficient (Wildman–Crippen LogP) is 3.71. The molecule has 0 aromatic carbocycles. The Kier molecular flexibility index (Phi) is 14.2. The fourth-order valence-electron chi connectivity index (χ4n) is 1.86. The summed E-state index contributed by atoms with van der Waals surface area (Å²) in [6.45, 7) is 3.71. The average Bonchev–Trinajstić information content (AvgIpc) is 2.51. The first-order valence-electron chi connectivity index (χ1n) is 7.26. The number of nitrogens with zero attached hydrogens (tertiary/aromatic N) is 3. The molecule has 0 bridgehead atoms. The SMILES string of the molecule is C1=CC[N-]C(NC2CCCC[N-]2)=C1.[NH-]CC[N-]CC[NH-].[Zn+2]. The van der Waals surface area contributed by atoms with Gasteiger partial charge < -0.3 is 32.7 Å². The number of piperidine rings is 1. The second-order valence-electron chi connectivity index (χ2n) is 4.55. The molecule has 116 valence electrons. The molecule has 2 heterocycles. The molecule has 1 fully saturated rings. The van der Waals surface area contributed by atoms with Crippen molar-refractivity contribution >= 4 is 0 Å². The zero-order chi connectivity index (χ0) is 14.5. The molecule has 0 aliphatic carbocycles. The minimum Gasteiger partial charge on any atom is -0.679 e. The summed E-state index contributed by atoms with van der Waals surface area (Å²) < 4.78 is 0. The molecule has 21 heavy (non-hydrogen) atoms. The maximum absolute atomic E-state index is 6.63. The Labute approximate surface area is 141 Å². The molecule has 0 radical (unpaired) electrons. The van der Waals surface area contributed by atoms with E-state index in [2.05, 4.69) is 21.3 Å². The van der Waals surface area contributed by atoms with E-state index in [1.807, 2.05) is 18.2 Å². The number of rotatable bonds is 6. The molecule has 0 amide bonds. The topological polar surface area (TPSA) is 102 Å². The van der Waals surface area contributed by atoms with E-state index in [-0.39, 0.29) is 19.5 Å². The van der Waals surface area contributed by atoms with E-state index in [0.717, 1.165) is 25.3 Å². The van der Waals surface area contributed by atoms with E-state index in [1.54, 1.807) is 0 Å². The van der Waals surface area contributed by atoms with Crippen LogP contribution in [-0.2, 0) is 19.5 Å². The molecule has 2 aliphatic heterocycles. The Morgan fingerprint density at radius 1 is 1.24 bits per heavy atom. The van der Waals surface area contributed by atoms with Gasteiger partial charge in [0.1, 0.15) is 0 Å². The monoisotopic (exact) mass is 341 g/mol. The number of hydrogen-bond acceptors (Lipinski definition) is 1. The Morgan fingerprint density at radius 3 is 2.52 bits per heavy atom. The first-order chi connectivity index (χ1) is 9.86. The normalized spacial score (nSPS) is 20.3. The maximum atomic E-state index is 6.63. The molecule has 1 unspecified atom stereocenters. The van der Waals surface area contributed by atoms with Crippen molar-refractivity contribution in [3.05, 3.63) is 51.5 Å². The molecule has 0 spiro atoms. The fraction of sp³-hybridized carbons (Fsp3) is 0.714. The van der Waals surface area contributed by atoms with E-state index >= 15 is 0 Å².